The van der Waals surface area contributed by atoms with Crippen LogP contribution in [-0.2, 0) is 4.79 Å². The first-order chi connectivity index (χ1) is 7.60. The Balaban J connectivity index is 3.36. The van der Waals surface area contributed by atoms with Crippen LogP contribution in [0.4, 0.5) is 0 Å². The van der Waals surface area contributed by atoms with Crippen molar-refractivity contribution >= 4 is 18.3 Å². The molecule has 0 atom stereocenters. The number of hydrogen-bond acceptors (Lipinski definition) is 3. The molecule has 1 aromatic carbocycles. The van der Waals surface area contributed by atoms with E-state index >= 15 is 0 Å². The normalized spacial score (nSPS) is 10.4. The predicted octanol–water partition coefficient (Wildman–Crippen LogP) is 1.91. The topological polar surface area (TPSA) is 63.6 Å². The summed E-state index contributed by atoms with van der Waals surface area (Å²) in [6.07, 6.45) is 3.03. The van der Waals surface area contributed by atoms with Gasteiger partial charge in [0.2, 0.25) is 0 Å². The molecule has 84 valence electrons. The predicted molar refractivity (Wildman–Crippen MR) is 59.8 cm³/mol. The van der Waals surface area contributed by atoms with Crippen molar-refractivity contribution in [1.29, 1.82) is 0 Å². The molecule has 0 amide bonds. The summed E-state index contributed by atoms with van der Waals surface area (Å²) in [7, 11) is 1.47. The number of carboxylic acids is 1. The van der Waals surface area contributed by atoms with E-state index in [0.717, 1.165) is 11.6 Å². The minimum Gasteiger partial charge on any atom is -0.496 e. The molecule has 0 aliphatic heterocycles. The highest BCUT2D eigenvalue weighted by molar-refractivity contribution is 5.91. The van der Waals surface area contributed by atoms with Crippen molar-refractivity contribution in [3.8, 4) is 5.75 Å². The molecule has 0 spiro atoms. The third kappa shape index (κ3) is 2.48. The molecule has 4 nitrogen and oxygen atoms in total. The molecule has 0 saturated carbocycles. The maximum Gasteiger partial charge on any atom is 0.328 e. The molecule has 1 aromatic rings. The largest absolute Gasteiger partial charge is 0.496 e. The summed E-state index contributed by atoms with van der Waals surface area (Å²) in [6.45, 7) is 1.78. The Labute approximate surface area is 93.2 Å². The van der Waals surface area contributed by atoms with E-state index in [-0.39, 0.29) is 0 Å². The Morgan fingerprint density at radius 1 is 1.38 bits per heavy atom. The lowest BCUT2D eigenvalue weighted by molar-refractivity contribution is -0.131. The summed E-state index contributed by atoms with van der Waals surface area (Å²) in [5, 5.41) is 8.56. The van der Waals surface area contributed by atoms with E-state index < -0.39 is 5.97 Å². The third-order valence-corrected chi connectivity index (χ3v) is 2.20. The molecule has 0 aromatic heterocycles. The van der Waals surface area contributed by atoms with Gasteiger partial charge in [-0.05, 0) is 24.6 Å². The zero-order chi connectivity index (χ0) is 12.1. The SMILES string of the molecule is COc1ccc(C)c(C=O)c1/C=C/C(=O)O. The third-order valence-electron chi connectivity index (χ3n) is 2.20. The molecule has 0 bridgehead atoms. The Kier molecular flexibility index (Phi) is 3.83. The second kappa shape index (κ2) is 5.11. The Morgan fingerprint density at radius 3 is 2.56 bits per heavy atom. The fourth-order valence-electron chi connectivity index (χ4n) is 1.39. The van der Waals surface area contributed by atoms with E-state index in [1.807, 2.05) is 0 Å². The van der Waals surface area contributed by atoms with Gasteiger partial charge >= 0.3 is 5.97 Å². The fraction of sp³-hybridized carbons (Fsp3) is 0.167. The van der Waals surface area contributed by atoms with Crippen LogP contribution in [0, 0.1) is 6.92 Å². The van der Waals surface area contributed by atoms with E-state index in [2.05, 4.69) is 0 Å². The number of ether oxygens (including phenoxy) is 1. The Hall–Kier alpha value is -2.10. The summed E-state index contributed by atoms with van der Waals surface area (Å²) >= 11 is 0. The Bertz CT molecular complexity index is 447. The molecule has 0 heterocycles. The fourth-order valence-corrected chi connectivity index (χ4v) is 1.39. The summed E-state index contributed by atoms with van der Waals surface area (Å²) in [6, 6.07) is 3.45. The number of benzene rings is 1. The van der Waals surface area contributed by atoms with Crippen LogP contribution >= 0.6 is 0 Å². The molecule has 1 N–H and O–H groups in total. The van der Waals surface area contributed by atoms with E-state index in [1.165, 1.54) is 13.2 Å². The second-order valence-electron chi connectivity index (χ2n) is 3.20. The molecule has 0 radical (unpaired) electrons. The number of aliphatic carboxylic acids is 1. The number of aryl methyl sites for hydroxylation is 1. The van der Waals surface area contributed by atoms with Crippen LogP contribution in [0.25, 0.3) is 6.08 Å². The van der Waals surface area contributed by atoms with Gasteiger partial charge in [0.05, 0.1) is 7.11 Å². The van der Waals surface area contributed by atoms with E-state index in [0.29, 0.717) is 23.2 Å². The van der Waals surface area contributed by atoms with Crippen LogP contribution in [0.15, 0.2) is 18.2 Å². The number of carbonyl (C=O) groups is 2. The van der Waals surface area contributed by atoms with Crippen LogP contribution in [0.3, 0.4) is 0 Å². The Morgan fingerprint density at radius 2 is 2.06 bits per heavy atom. The van der Waals surface area contributed by atoms with E-state index in [9.17, 15) is 9.59 Å². The second-order valence-corrected chi connectivity index (χ2v) is 3.20. The van der Waals surface area contributed by atoms with Gasteiger partial charge in [-0.15, -0.1) is 0 Å². The molecule has 0 aliphatic carbocycles. The number of hydrogen-bond donors (Lipinski definition) is 1. The first-order valence-corrected chi connectivity index (χ1v) is 4.64. The summed E-state index contributed by atoms with van der Waals surface area (Å²) in [4.78, 5) is 21.4. The minimum atomic E-state index is -1.07. The van der Waals surface area contributed by atoms with Gasteiger partial charge in [-0.2, -0.15) is 0 Å². The van der Waals surface area contributed by atoms with E-state index in [4.69, 9.17) is 9.84 Å². The first-order valence-electron chi connectivity index (χ1n) is 4.64. The monoisotopic (exact) mass is 220 g/mol. The standard InChI is InChI=1S/C12H12O4/c1-8-3-5-11(16-2)9(10(8)7-13)4-6-12(14)15/h3-7H,1-2H3,(H,14,15)/b6-4+. The van der Waals surface area contributed by atoms with Crippen molar-refractivity contribution in [1.82, 2.24) is 0 Å². The maximum atomic E-state index is 10.9. The highest BCUT2D eigenvalue weighted by atomic mass is 16.5. The zero-order valence-corrected chi connectivity index (χ0v) is 9.06. The number of carbonyl (C=O) groups excluding carboxylic acids is 1. The quantitative estimate of drug-likeness (QED) is 0.622. The molecular weight excluding hydrogens is 208 g/mol. The van der Waals surface area contributed by atoms with Crippen molar-refractivity contribution < 1.29 is 19.4 Å². The number of aldehydes is 1. The van der Waals surface area contributed by atoms with Gasteiger partial charge in [0.1, 0.15) is 5.75 Å². The van der Waals surface area contributed by atoms with Gasteiger partial charge < -0.3 is 9.84 Å². The molecule has 0 aliphatic rings. The van der Waals surface area contributed by atoms with Crippen molar-refractivity contribution in [3.05, 3.63) is 34.9 Å². The highest BCUT2D eigenvalue weighted by Crippen LogP contribution is 2.25. The smallest absolute Gasteiger partial charge is 0.328 e. The van der Waals surface area contributed by atoms with Gasteiger partial charge in [-0.1, -0.05) is 6.07 Å². The van der Waals surface area contributed by atoms with Crippen LogP contribution in [-0.4, -0.2) is 24.5 Å². The van der Waals surface area contributed by atoms with Gasteiger partial charge in [-0.3, -0.25) is 4.79 Å². The van der Waals surface area contributed by atoms with Crippen molar-refractivity contribution in [2.75, 3.05) is 7.11 Å². The molecule has 1 rings (SSSR count). The molecule has 4 heteroatoms. The van der Waals surface area contributed by atoms with Gasteiger partial charge in [0, 0.05) is 17.2 Å². The van der Waals surface area contributed by atoms with Crippen LogP contribution < -0.4 is 4.74 Å². The summed E-state index contributed by atoms with van der Waals surface area (Å²) < 4.78 is 5.07. The minimum absolute atomic E-state index is 0.442. The molecule has 0 unspecified atom stereocenters. The van der Waals surface area contributed by atoms with Crippen molar-refractivity contribution in [3.63, 3.8) is 0 Å². The number of rotatable bonds is 4. The average Bonchev–Trinajstić information content (AvgIpc) is 2.26. The van der Waals surface area contributed by atoms with Gasteiger partial charge in [-0.25, -0.2) is 4.79 Å². The van der Waals surface area contributed by atoms with Gasteiger partial charge in [0.15, 0.2) is 6.29 Å². The first kappa shape index (κ1) is 12.0. The molecule has 0 saturated heterocycles. The van der Waals surface area contributed by atoms with Crippen molar-refractivity contribution in [2.24, 2.45) is 0 Å². The highest BCUT2D eigenvalue weighted by Gasteiger charge is 2.08. The van der Waals surface area contributed by atoms with Crippen LogP contribution in [0.1, 0.15) is 21.5 Å². The lowest BCUT2D eigenvalue weighted by atomic mass is 10.0. The average molecular weight is 220 g/mol. The zero-order valence-electron chi connectivity index (χ0n) is 9.06. The van der Waals surface area contributed by atoms with Crippen LogP contribution in [0.2, 0.25) is 0 Å². The lowest BCUT2D eigenvalue weighted by Gasteiger charge is -2.09. The molecular formula is C12H12O4. The van der Waals surface area contributed by atoms with Crippen LogP contribution in [0.5, 0.6) is 5.75 Å². The summed E-state index contributed by atoms with van der Waals surface area (Å²) in [5.74, 6) is -0.592. The molecule has 0 fully saturated rings. The van der Waals surface area contributed by atoms with E-state index in [1.54, 1.807) is 19.1 Å². The molecule has 16 heavy (non-hydrogen) atoms. The van der Waals surface area contributed by atoms with Crippen molar-refractivity contribution in [2.45, 2.75) is 6.92 Å². The maximum absolute atomic E-state index is 10.9. The van der Waals surface area contributed by atoms with Gasteiger partial charge in [0.25, 0.3) is 0 Å². The number of methoxy groups -OCH3 is 1. The number of carboxylic acid groups (broad SMARTS) is 1. The lowest BCUT2D eigenvalue weighted by Crippen LogP contribution is -1.97. The summed E-state index contributed by atoms with van der Waals surface area (Å²) in [5.41, 5.74) is 1.71.